The van der Waals surface area contributed by atoms with Crippen LogP contribution in [-0.4, -0.2) is 19.1 Å². The maximum Gasteiger partial charge on any atom is 0.197 e. The van der Waals surface area contributed by atoms with Crippen molar-refractivity contribution in [3.05, 3.63) is 24.3 Å². The standard InChI is InChI=1S/C14H15NO2/c1-4-5-13-10(2)14(17-13)15-11-6-8-12(16-3)9-7-11/h6-10,13H,1-3H3/t10-,13+/m1/s1. The molecule has 1 heterocycles. The maximum atomic E-state index is 5.50. The van der Waals surface area contributed by atoms with Crippen LogP contribution in [0.5, 0.6) is 5.75 Å². The zero-order chi connectivity index (χ0) is 12.3. The second-order valence-electron chi connectivity index (χ2n) is 3.87. The van der Waals surface area contributed by atoms with E-state index in [0.29, 0.717) is 0 Å². The van der Waals surface area contributed by atoms with E-state index in [1.165, 1.54) is 0 Å². The summed E-state index contributed by atoms with van der Waals surface area (Å²) in [6.45, 7) is 3.88. The molecule has 0 saturated carbocycles. The molecular formula is C14H15NO2. The van der Waals surface area contributed by atoms with Crippen molar-refractivity contribution in [3.63, 3.8) is 0 Å². The summed E-state index contributed by atoms with van der Waals surface area (Å²) < 4.78 is 10.6. The molecule has 3 nitrogen and oxygen atoms in total. The Morgan fingerprint density at radius 1 is 1.29 bits per heavy atom. The highest BCUT2D eigenvalue weighted by Gasteiger charge is 2.35. The molecule has 2 atom stereocenters. The van der Waals surface area contributed by atoms with E-state index in [2.05, 4.69) is 23.8 Å². The summed E-state index contributed by atoms with van der Waals surface area (Å²) in [5.74, 6) is 7.69. The molecule has 1 saturated heterocycles. The van der Waals surface area contributed by atoms with Crippen molar-refractivity contribution in [2.24, 2.45) is 10.9 Å². The number of methoxy groups -OCH3 is 1. The van der Waals surface area contributed by atoms with Crippen LogP contribution in [0.2, 0.25) is 0 Å². The number of benzene rings is 1. The first kappa shape index (κ1) is 11.5. The molecule has 0 aromatic heterocycles. The van der Waals surface area contributed by atoms with Crippen molar-refractivity contribution in [2.45, 2.75) is 20.0 Å². The fourth-order valence-corrected chi connectivity index (χ4v) is 1.61. The number of nitrogens with zero attached hydrogens (tertiary/aromatic N) is 1. The molecule has 0 N–H and O–H groups in total. The lowest BCUT2D eigenvalue weighted by molar-refractivity contribution is 0.116. The summed E-state index contributed by atoms with van der Waals surface area (Å²) >= 11 is 0. The third-order valence-electron chi connectivity index (χ3n) is 2.69. The van der Waals surface area contributed by atoms with Crippen molar-refractivity contribution in [2.75, 3.05) is 7.11 Å². The molecule has 1 aliphatic heterocycles. The van der Waals surface area contributed by atoms with Gasteiger partial charge in [-0.3, -0.25) is 0 Å². The van der Waals surface area contributed by atoms with Gasteiger partial charge in [0.05, 0.1) is 18.7 Å². The number of hydrogen-bond acceptors (Lipinski definition) is 3. The molecule has 1 aromatic rings. The average molecular weight is 229 g/mol. The molecular weight excluding hydrogens is 214 g/mol. The topological polar surface area (TPSA) is 30.8 Å². The normalized spacial score (nSPS) is 24.3. The van der Waals surface area contributed by atoms with Gasteiger partial charge in [0.25, 0.3) is 0 Å². The van der Waals surface area contributed by atoms with E-state index in [9.17, 15) is 0 Å². The van der Waals surface area contributed by atoms with Gasteiger partial charge in [-0.15, -0.1) is 5.92 Å². The van der Waals surface area contributed by atoms with Gasteiger partial charge in [0.2, 0.25) is 0 Å². The van der Waals surface area contributed by atoms with E-state index in [1.807, 2.05) is 31.2 Å². The van der Waals surface area contributed by atoms with Crippen LogP contribution in [0, 0.1) is 17.8 Å². The molecule has 88 valence electrons. The summed E-state index contributed by atoms with van der Waals surface area (Å²) in [5.41, 5.74) is 0.871. The Labute approximate surface area is 101 Å². The third-order valence-corrected chi connectivity index (χ3v) is 2.69. The summed E-state index contributed by atoms with van der Waals surface area (Å²) in [4.78, 5) is 4.42. The van der Waals surface area contributed by atoms with E-state index in [0.717, 1.165) is 17.3 Å². The lowest BCUT2D eigenvalue weighted by Gasteiger charge is -2.32. The fourth-order valence-electron chi connectivity index (χ4n) is 1.61. The largest absolute Gasteiger partial charge is 0.497 e. The number of ether oxygens (including phenoxy) is 2. The number of aliphatic imine (C=N–C) groups is 1. The predicted octanol–water partition coefficient (Wildman–Crippen LogP) is 2.78. The summed E-state index contributed by atoms with van der Waals surface area (Å²) in [7, 11) is 1.64. The quantitative estimate of drug-likeness (QED) is 0.730. The zero-order valence-electron chi connectivity index (χ0n) is 10.2. The molecule has 1 fully saturated rings. The minimum absolute atomic E-state index is 0.00278. The third kappa shape index (κ3) is 2.42. The molecule has 0 unspecified atom stereocenters. The maximum absolute atomic E-state index is 5.50. The van der Waals surface area contributed by atoms with Crippen molar-refractivity contribution < 1.29 is 9.47 Å². The molecule has 1 aliphatic rings. The highest BCUT2D eigenvalue weighted by molar-refractivity contribution is 5.87. The van der Waals surface area contributed by atoms with Crippen LogP contribution in [0.15, 0.2) is 29.3 Å². The molecule has 3 heteroatoms. The Morgan fingerprint density at radius 2 is 2.00 bits per heavy atom. The second kappa shape index (κ2) is 4.92. The van der Waals surface area contributed by atoms with E-state index < -0.39 is 0 Å². The van der Waals surface area contributed by atoms with Gasteiger partial charge in [-0.05, 0) is 38.1 Å². The van der Waals surface area contributed by atoms with E-state index >= 15 is 0 Å². The minimum atomic E-state index is -0.00278. The minimum Gasteiger partial charge on any atom is -0.497 e. The Morgan fingerprint density at radius 3 is 2.53 bits per heavy atom. The van der Waals surface area contributed by atoms with Crippen LogP contribution >= 0.6 is 0 Å². The monoisotopic (exact) mass is 229 g/mol. The molecule has 17 heavy (non-hydrogen) atoms. The first-order valence-corrected chi connectivity index (χ1v) is 5.56. The van der Waals surface area contributed by atoms with Crippen molar-refractivity contribution in [1.29, 1.82) is 0 Å². The molecule has 0 spiro atoms. The molecule has 0 radical (unpaired) electrons. The zero-order valence-corrected chi connectivity index (χ0v) is 10.2. The fraction of sp³-hybridized carbons (Fsp3) is 0.357. The summed E-state index contributed by atoms with van der Waals surface area (Å²) in [5, 5.41) is 0. The molecule has 0 bridgehead atoms. The number of hydrogen-bond donors (Lipinski definition) is 0. The average Bonchev–Trinajstić information content (AvgIpc) is 2.38. The highest BCUT2D eigenvalue weighted by atomic mass is 16.5. The lowest BCUT2D eigenvalue weighted by Crippen LogP contribution is -2.42. The van der Waals surface area contributed by atoms with Crippen molar-refractivity contribution in [3.8, 4) is 17.6 Å². The van der Waals surface area contributed by atoms with E-state index in [-0.39, 0.29) is 12.0 Å². The first-order chi connectivity index (χ1) is 8.24. The van der Waals surface area contributed by atoms with E-state index in [4.69, 9.17) is 9.47 Å². The van der Waals surface area contributed by atoms with E-state index in [1.54, 1.807) is 7.11 Å². The highest BCUT2D eigenvalue weighted by Crippen LogP contribution is 2.26. The Hall–Kier alpha value is -1.95. The lowest BCUT2D eigenvalue weighted by atomic mass is 9.99. The van der Waals surface area contributed by atoms with Crippen LogP contribution < -0.4 is 4.74 Å². The predicted molar refractivity (Wildman–Crippen MR) is 67.6 cm³/mol. The number of rotatable bonds is 2. The van der Waals surface area contributed by atoms with Crippen LogP contribution in [0.1, 0.15) is 13.8 Å². The molecule has 1 aromatic carbocycles. The summed E-state index contributed by atoms with van der Waals surface area (Å²) in [6, 6.07) is 7.57. The van der Waals surface area contributed by atoms with Gasteiger partial charge >= 0.3 is 0 Å². The van der Waals surface area contributed by atoms with Gasteiger partial charge in [-0.25, -0.2) is 4.99 Å². The molecule has 0 aliphatic carbocycles. The van der Waals surface area contributed by atoms with Gasteiger partial charge in [-0.2, -0.15) is 0 Å². The Balaban J connectivity index is 2.07. The van der Waals surface area contributed by atoms with Gasteiger partial charge in [0.15, 0.2) is 12.0 Å². The van der Waals surface area contributed by atoms with Gasteiger partial charge in [0.1, 0.15) is 5.75 Å². The Kier molecular flexibility index (Phi) is 3.34. The van der Waals surface area contributed by atoms with Crippen LogP contribution in [0.25, 0.3) is 0 Å². The van der Waals surface area contributed by atoms with Crippen molar-refractivity contribution >= 4 is 11.6 Å². The molecule has 0 amide bonds. The SMILES string of the molecule is CC#C[C@@H]1OC(=Nc2ccc(OC)cc2)[C@@H]1C. The Bertz CT molecular complexity index is 479. The van der Waals surface area contributed by atoms with Crippen LogP contribution in [-0.2, 0) is 4.74 Å². The van der Waals surface area contributed by atoms with Gasteiger partial charge < -0.3 is 9.47 Å². The van der Waals surface area contributed by atoms with Crippen LogP contribution in [0.4, 0.5) is 5.69 Å². The van der Waals surface area contributed by atoms with Gasteiger partial charge in [0, 0.05) is 0 Å². The molecule has 2 rings (SSSR count). The second-order valence-corrected chi connectivity index (χ2v) is 3.87. The van der Waals surface area contributed by atoms with Crippen LogP contribution in [0.3, 0.4) is 0 Å². The van der Waals surface area contributed by atoms with Crippen molar-refractivity contribution in [1.82, 2.24) is 0 Å². The smallest absolute Gasteiger partial charge is 0.197 e. The summed E-state index contributed by atoms with van der Waals surface area (Å²) in [6.07, 6.45) is -0.00278. The van der Waals surface area contributed by atoms with Gasteiger partial charge in [-0.1, -0.05) is 5.92 Å². The first-order valence-electron chi connectivity index (χ1n) is 5.56.